The molecule has 0 bridgehead atoms. The Bertz CT molecular complexity index is 319. The Morgan fingerprint density at radius 3 is 2.69 bits per heavy atom. The summed E-state index contributed by atoms with van der Waals surface area (Å²) in [7, 11) is 0. The first-order valence-corrected chi connectivity index (χ1v) is 3.72. The normalized spacial score (nSPS) is 9.69. The second kappa shape index (κ2) is 3.91. The zero-order valence-corrected chi connectivity index (χ0v) is 7.15. The van der Waals surface area contributed by atoms with E-state index in [1.165, 1.54) is 12.1 Å². The fourth-order valence-electron chi connectivity index (χ4n) is 1.04. The van der Waals surface area contributed by atoms with Crippen molar-refractivity contribution in [3.05, 3.63) is 29.3 Å². The van der Waals surface area contributed by atoms with Crippen LogP contribution in [0.25, 0.3) is 0 Å². The van der Waals surface area contributed by atoms with E-state index in [0.717, 1.165) is 0 Å². The smallest absolute Gasteiger partial charge is 0.335 e. The standard InChI is InChI=1S/C9H10O4/c1-6-4-7(13-5-10)2-3-8(6)9(11)12/h2-4,10H,5H2,1H3,(H,11,12). The molecule has 70 valence electrons. The minimum absolute atomic E-state index is 0.241. The molecular weight excluding hydrogens is 172 g/mol. The van der Waals surface area contributed by atoms with Crippen LogP contribution in [0.15, 0.2) is 18.2 Å². The number of benzene rings is 1. The van der Waals surface area contributed by atoms with E-state index in [4.69, 9.17) is 14.9 Å². The summed E-state index contributed by atoms with van der Waals surface area (Å²) in [5, 5.41) is 17.1. The number of carboxylic acids is 1. The van der Waals surface area contributed by atoms with E-state index in [2.05, 4.69) is 0 Å². The highest BCUT2D eigenvalue weighted by Gasteiger charge is 2.06. The van der Waals surface area contributed by atoms with Gasteiger partial charge < -0.3 is 14.9 Å². The van der Waals surface area contributed by atoms with E-state index in [0.29, 0.717) is 11.3 Å². The summed E-state index contributed by atoms with van der Waals surface area (Å²) in [5.41, 5.74) is 0.851. The number of ether oxygens (including phenoxy) is 1. The number of aliphatic hydroxyl groups is 1. The number of carboxylic acid groups (broad SMARTS) is 1. The van der Waals surface area contributed by atoms with E-state index >= 15 is 0 Å². The molecule has 0 aromatic heterocycles. The van der Waals surface area contributed by atoms with Gasteiger partial charge in [-0.2, -0.15) is 0 Å². The maximum atomic E-state index is 10.6. The summed E-state index contributed by atoms with van der Waals surface area (Å²) in [5.74, 6) is -0.502. The third kappa shape index (κ3) is 2.19. The Morgan fingerprint density at radius 1 is 1.54 bits per heavy atom. The second-order valence-electron chi connectivity index (χ2n) is 2.56. The molecule has 0 saturated carbocycles. The van der Waals surface area contributed by atoms with Crippen LogP contribution in [0.4, 0.5) is 0 Å². The van der Waals surface area contributed by atoms with Crippen molar-refractivity contribution < 1.29 is 19.7 Å². The van der Waals surface area contributed by atoms with Crippen LogP contribution in [0.1, 0.15) is 15.9 Å². The molecule has 1 aromatic carbocycles. The van der Waals surface area contributed by atoms with Crippen LogP contribution in [0.2, 0.25) is 0 Å². The van der Waals surface area contributed by atoms with Gasteiger partial charge in [0.2, 0.25) is 0 Å². The van der Waals surface area contributed by atoms with Crippen molar-refractivity contribution in [2.75, 3.05) is 6.79 Å². The van der Waals surface area contributed by atoms with Crippen LogP contribution < -0.4 is 4.74 Å². The van der Waals surface area contributed by atoms with Crippen molar-refractivity contribution >= 4 is 5.97 Å². The fourth-order valence-corrected chi connectivity index (χ4v) is 1.04. The van der Waals surface area contributed by atoms with E-state index in [1.807, 2.05) is 0 Å². The lowest BCUT2D eigenvalue weighted by Crippen LogP contribution is -2.01. The molecule has 0 aliphatic carbocycles. The first-order chi connectivity index (χ1) is 6.15. The molecule has 0 aliphatic rings. The molecule has 0 spiro atoms. The highest BCUT2D eigenvalue weighted by Crippen LogP contribution is 2.16. The molecule has 0 fully saturated rings. The summed E-state index contributed by atoms with van der Waals surface area (Å²) in [6.45, 7) is 1.26. The average Bonchev–Trinajstić information content (AvgIpc) is 2.04. The summed E-state index contributed by atoms with van der Waals surface area (Å²) in [6.07, 6.45) is 0. The average molecular weight is 182 g/mol. The molecule has 2 N–H and O–H groups in total. The third-order valence-electron chi connectivity index (χ3n) is 1.66. The predicted molar refractivity (Wildman–Crippen MR) is 45.9 cm³/mol. The molecule has 0 heterocycles. The third-order valence-corrected chi connectivity index (χ3v) is 1.66. The predicted octanol–water partition coefficient (Wildman–Crippen LogP) is 1.02. The van der Waals surface area contributed by atoms with Gasteiger partial charge in [-0.15, -0.1) is 0 Å². The van der Waals surface area contributed by atoms with Crippen molar-refractivity contribution in [3.8, 4) is 5.75 Å². The molecule has 13 heavy (non-hydrogen) atoms. The van der Waals surface area contributed by atoms with Gasteiger partial charge in [-0.05, 0) is 30.7 Å². The maximum absolute atomic E-state index is 10.6. The Balaban J connectivity index is 2.98. The van der Waals surface area contributed by atoms with Crippen molar-refractivity contribution in [2.24, 2.45) is 0 Å². The Kier molecular flexibility index (Phi) is 2.87. The van der Waals surface area contributed by atoms with Gasteiger partial charge in [0.25, 0.3) is 0 Å². The molecule has 0 radical (unpaired) electrons. The van der Waals surface area contributed by atoms with Gasteiger partial charge in [0.05, 0.1) is 5.56 Å². The van der Waals surface area contributed by atoms with Gasteiger partial charge in [0.15, 0.2) is 6.79 Å². The number of hydrogen-bond donors (Lipinski definition) is 2. The quantitative estimate of drug-likeness (QED) is 0.685. The molecule has 0 aliphatic heterocycles. The van der Waals surface area contributed by atoms with Crippen molar-refractivity contribution in [3.63, 3.8) is 0 Å². The van der Waals surface area contributed by atoms with Crippen LogP contribution in [-0.2, 0) is 0 Å². The zero-order chi connectivity index (χ0) is 9.84. The molecule has 1 rings (SSSR count). The zero-order valence-electron chi connectivity index (χ0n) is 7.15. The lowest BCUT2D eigenvalue weighted by atomic mass is 10.1. The fraction of sp³-hybridized carbons (Fsp3) is 0.222. The molecule has 0 unspecified atom stereocenters. The molecule has 0 amide bonds. The highest BCUT2D eigenvalue weighted by atomic mass is 16.6. The number of rotatable bonds is 3. The first kappa shape index (κ1) is 9.54. The van der Waals surface area contributed by atoms with Gasteiger partial charge in [0, 0.05) is 0 Å². The SMILES string of the molecule is Cc1cc(OCO)ccc1C(=O)O. The Labute approximate surface area is 75.4 Å². The molecule has 4 heteroatoms. The van der Waals surface area contributed by atoms with E-state index < -0.39 is 12.8 Å². The van der Waals surface area contributed by atoms with Gasteiger partial charge >= 0.3 is 5.97 Å². The topological polar surface area (TPSA) is 66.8 Å². The van der Waals surface area contributed by atoms with Crippen LogP contribution in [0.3, 0.4) is 0 Å². The summed E-state index contributed by atoms with van der Waals surface area (Å²) in [6, 6.07) is 4.52. The number of carbonyl (C=O) groups is 1. The van der Waals surface area contributed by atoms with Crippen LogP contribution in [0.5, 0.6) is 5.75 Å². The molecule has 0 saturated heterocycles. The lowest BCUT2D eigenvalue weighted by molar-refractivity contribution is 0.0696. The lowest BCUT2D eigenvalue weighted by Gasteiger charge is -2.04. The molecular formula is C9H10O4. The maximum Gasteiger partial charge on any atom is 0.335 e. The van der Waals surface area contributed by atoms with Crippen LogP contribution >= 0.6 is 0 Å². The summed E-state index contributed by atoms with van der Waals surface area (Å²) >= 11 is 0. The van der Waals surface area contributed by atoms with Gasteiger partial charge in [-0.25, -0.2) is 4.79 Å². The van der Waals surface area contributed by atoms with Crippen LogP contribution in [0, 0.1) is 6.92 Å². The van der Waals surface area contributed by atoms with E-state index in [1.54, 1.807) is 13.0 Å². The Morgan fingerprint density at radius 2 is 2.23 bits per heavy atom. The largest absolute Gasteiger partial charge is 0.478 e. The van der Waals surface area contributed by atoms with E-state index in [-0.39, 0.29) is 5.56 Å². The van der Waals surface area contributed by atoms with Gasteiger partial charge in [-0.3, -0.25) is 0 Å². The molecule has 4 nitrogen and oxygen atoms in total. The number of aliphatic hydroxyl groups excluding tert-OH is 1. The van der Waals surface area contributed by atoms with Crippen molar-refractivity contribution in [1.29, 1.82) is 0 Å². The minimum Gasteiger partial charge on any atom is -0.478 e. The number of aromatic carboxylic acids is 1. The summed E-state index contributed by atoms with van der Waals surface area (Å²) < 4.78 is 4.78. The summed E-state index contributed by atoms with van der Waals surface area (Å²) in [4.78, 5) is 10.6. The van der Waals surface area contributed by atoms with Crippen LogP contribution in [-0.4, -0.2) is 23.0 Å². The highest BCUT2D eigenvalue weighted by molar-refractivity contribution is 5.89. The van der Waals surface area contributed by atoms with Crippen molar-refractivity contribution in [2.45, 2.75) is 6.92 Å². The van der Waals surface area contributed by atoms with Crippen molar-refractivity contribution in [1.82, 2.24) is 0 Å². The van der Waals surface area contributed by atoms with Gasteiger partial charge in [0.1, 0.15) is 5.75 Å². The van der Waals surface area contributed by atoms with E-state index in [9.17, 15) is 4.79 Å². The molecule has 1 aromatic rings. The van der Waals surface area contributed by atoms with Gasteiger partial charge in [-0.1, -0.05) is 0 Å². The second-order valence-corrected chi connectivity index (χ2v) is 2.56. The number of aryl methyl sites for hydroxylation is 1. The monoisotopic (exact) mass is 182 g/mol. The minimum atomic E-state index is -0.965. The number of hydrogen-bond acceptors (Lipinski definition) is 3. The molecule has 0 atom stereocenters. The Hall–Kier alpha value is -1.55. The first-order valence-electron chi connectivity index (χ1n) is 3.72.